The molecule has 0 fully saturated rings. The van der Waals surface area contributed by atoms with Gasteiger partial charge >= 0.3 is 79.8 Å². The van der Waals surface area contributed by atoms with Crippen LogP contribution in [0.3, 0.4) is 0 Å². The summed E-state index contributed by atoms with van der Waals surface area (Å²) in [4.78, 5) is 0. The van der Waals surface area contributed by atoms with Crippen LogP contribution in [0, 0.1) is 17.9 Å². The molecule has 7 aromatic carbocycles. The van der Waals surface area contributed by atoms with Gasteiger partial charge in [0.2, 0.25) is 0 Å². The predicted octanol–water partition coefficient (Wildman–Crippen LogP) is 16.1. The van der Waals surface area contributed by atoms with Crippen LogP contribution in [0.2, 0.25) is 0 Å². The Kier molecular flexibility index (Phi) is 13.1. The van der Waals surface area contributed by atoms with Gasteiger partial charge in [0.1, 0.15) is 0 Å². The van der Waals surface area contributed by atoms with Crippen molar-refractivity contribution in [2.75, 3.05) is 0 Å². The summed E-state index contributed by atoms with van der Waals surface area (Å²) < 4.78 is 1.75. The van der Waals surface area contributed by atoms with Crippen LogP contribution in [-0.2, 0) is 35.1 Å². The third-order valence-corrected chi connectivity index (χ3v) is 11.7. The summed E-state index contributed by atoms with van der Waals surface area (Å²) in [7, 11) is 0. The van der Waals surface area contributed by atoms with Gasteiger partial charge < -0.3 is 0 Å². The molecule has 0 aliphatic heterocycles. The van der Waals surface area contributed by atoms with E-state index in [1.54, 1.807) is 27.4 Å². The zero-order valence-electron chi connectivity index (χ0n) is 35.5. The number of hydrogen-bond donors (Lipinski definition) is 0. The molecule has 0 bridgehead atoms. The van der Waals surface area contributed by atoms with Crippen LogP contribution >= 0.6 is 0 Å². The first-order valence-electron chi connectivity index (χ1n) is 20.6. The molecule has 7 aromatic rings. The zero-order valence-corrected chi connectivity index (χ0v) is 37.9. The minimum atomic E-state index is -0.000185. The van der Waals surface area contributed by atoms with Crippen molar-refractivity contribution in [3.8, 4) is 22.3 Å². The number of allylic oxidation sites excluding steroid dienone is 4. The van der Waals surface area contributed by atoms with Gasteiger partial charge in [0.05, 0.1) is 0 Å². The SMILES string of the molecule is CC(C)(C)c1cc2c(cc1-c1cccc3ccccc13)[cH-]c1cc(-c3cccc4ccccc34)c(C(C)(C)C)cc12.CC(C)C[C](=[Zr+2])CC(C)C.[C-]1=CC=CC1. The molecule has 0 aromatic heterocycles. The molecule has 0 atom stereocenters. The number of hydrogen-bond acceptors (Lipinski definition) is 0. The molecule has 1 aliphatic carbocycles. The molecule has 0 radical (unpaired) electrons. The fourth-order valence-corrected chi connectivity index (χ4v) is 10.1. The third-order valence-electron chi connectivity index (χ3n) is 10.7. The van der Waals surface area contributed by atoms with Crippen molar-refractivity contribution in [2.24, 2.45) is 11.8 Å². The molecule has 0 spiro atoms. The maximum atomic E-state index is 2.99. The second-order valence-electron chi connectivity index (χ2n) is 18.5. The van der Waals surface area contributed by atoms with Crippen LogP contribution < -0.4 is 0 Å². The molecule has 0 saturated heterocycles. The van der Waals surface area contributed by atoms with E-state index in [2.05, 4.69) is 197 Å². The van der Waals surface area contributed by atoms with E-state index in [0.717, 1.165) is 18.3 Å². The van der Waals surface area contributed by atoms with Crippen LogP contribution in [0.4, 0.5) is 0 Å². The van der Waals surface area contributed by atoms with Crippen molar-refractivity contribution in [2.45, 2.75) is 99.3 Å². The number of rotatable bonds is 6. The second kappa shape index (κ2) is 17.6. The van der Waals surface area contributed by atoms with Gasteiger partial charge in [-0.25, -0.2) is 12.2 Å². The van der Waals surface area contributed by atoms with Crippen molar-refractivity contribution in [3.05, 3.63) is 151 Å². The van der Waals surface area contributed by atoms with Gasteiger partial charge in [-0.1, -0.05) is 139 Å². The van der Waals surface area contributed by atoms with Gasteiger partial charge in [0.15, 0.2) is 0 Å². The molecule has 1 aliphatic rings. The third kappa shape index (κ3) is 9.72. The Bertz CT molecular complexity index is 2350. The normalized spacial score (nSPS) is 12.8. The molecule has 1 heteroatoms. The molecule has 8 rings (SSSR count). The quantitative estimate of drug-likeness (QED) is 0.147. The van der Waals surface area contributed by atoms with Gasteiger partial charge in [-0.2, -0.15) is 6.08 Å². The maximum Gasteiger partial charge on any atom is -0.109 e. The summed E-state index contributed by atoms with van der Waals surface area (Å²) in [6.07, 6.45) is 12.7. The first kappa shape index (κ1) is 41.6. The van der Waals surface area contributed by atoms with Gasteiger partial charge in [-0.15, -0.1) is 46.2 Å². The van der Waals surface area contributed by atoms with E-state index in [0.29, 0.717) is 0 Å². The number of benzene rings is 6. The maximum absolute atomic E-state index is 2.99. The fraction of sp³-hybridized carbons (Fsp3) is 0.309. The molecule has 56 heavy (non-hydrogen) atoms. The summed E-state index contributed by atoms with van der Waals surface area (Å²) in [6, 6.07) is 43.2. The Labute approximate surface area is 352 Å². The van der Waals surface area contributed by atoms with Gasteiger partial charge in [0.25, 0.3) is 0 Å². The average molecular weight is 812 g/mol. The minimum Gasteiger partial charge on any atom is -0.273 e. The van der Waals surface area contributed by atoms with Crippen molar-refractivity contribution in [1.82, 2.24) is 0 Å². The minimum absolute atomic E-state index is 0.000185. The molecular formula is C55H60Zr. The van der Waals surface area contributed by atoms with Gasteiger partial charge in [-0.3, -0.25) is 6.08 Å². The first-order valence-corrected chi connectivity index (χ1v) is 21.8. The Morgan fingerprint density at radius 3 is 1.36 bits per heavy atom. The Hall–Kier alpha value is -4.06. The van der Waals surface area contributed by atoms with E-state index in [-0.39, 0.29) is 10.8 Å². The average Bonchev–Trinajstić information content (AvgIpc) is 3.84. The second-order valence-corrected chi connectivity index (χ2v) is 20.2. The van der Waals surface area contributed by atoms with E-state index >= 15 is 0 Å². The molecule has 0 unspecified atom stereocenters. The van der Waals surface area contributed by atoms with E-state index in [4.69, 9.17) is 0 Å². The van der Waals surface area contributed by atoms with Crippen LogP contribution in [0.5, 0.6) is 0 Å². The Morgan fingerprint density at radius 1 is 0.571 bits per heavy atom. The summed E-state index contributed by atoms with van der Waals surface area (Å²) >= 11 is 1.65. The fourth-order valence-electron chi connectivity index (χ4n) is 8.12. The zero-order chi connectivity index (χ0) is 40.2. The topological polar surface area (TPSA) is 0 Å². The first-order chi connectivity index (χ1) is 26.6. The molecule has 0 amide bonds. The Morgan fingerprint density at radius 2 is 1.00 bits per heavy atom. The molecular weight excluding hydrogens is 752 g/mol. The van der Waals surface area contributed by atoms with Gasteiger partial charge in [0, 0.05) is 0 Å². The van der Waals surface area contributed by atoms with Crippen molar-refractivity contribution in [1.29, 1.82) is 0 Å². The van der Waals surface area contributed by atoms with Crippen LogP contribution in [-0.4, -0.2) is 3.21 Å². The Balaban J connectivity index is 0.000000299. The molecule has 0 heterocycles. The summed E-state index contributed by atoms with van der Waals surface area (Å²) in [5.41, 5.74) is 8.08. The predicted molar refractivity (Wildman–Crippen MR) is 246 cm³/mol. The molecule has 0 nitrogen and oxygen atoms in total. The largest absolute Gasteiger partial charge is 0.273 e. The monoisotopic (exact) mass is 810 g/mol. The van der Waals surface area contributed by atoms with E-state index in [1.807, 2.05) is 12.2 Å². The number of fused-ring (bicyclic) bond motifs is 5. The van der Waals surface area contributed by atoms with Crippen molar-refractivity contribution < 1.29 is 24.2 Å². The smallest absolute Gasteiger partial charge is 0.109 e. The van der Waals surface area contributed by atoms with Crippen LogP contribution in [0.25, 0.3) is 65.3 Å². The summed E-state index contributed by atoms with van der Waals surface area (Å²) in [5.74, 6) is 1.71. The van der Waals surface area contributed by atoms with Gasteiger partial charge in [-0.05, 0) is 65.8 Å². The summed E-state index contributed by atoms with van der Waals surface area (Å²) in [5, 5.41) is 10.5. The molecule has 0 N–H and O–H groups in total. The standard InChI is InChI=1S/C41H37.C9H18.C5H5.Zr/c1-40(2,3)38-24-34-28(22-36(38)32-19-11-15-26-13-7-9-17-30(26)32)21-29-23-37(39(25-35(29)34)41(4,5)6)33-20-12-16-27-14-8-10-18-31(27)33;1-8(2)6-5-7-9(3)4;1-2-4-5-3-1;/h7-25H,1-6H3;8-9H,6-7H2,1-4H3;1-3H,4H2;/q-1;;-1;+2. The summed E-state index contributed by atoms with van der Waals surface area (Å²) in [6.45, 7) is 23.2. The van der Waals surface area contributed by atoms with E-state index in [1.165, 1.54) is 89.3 Å². The van der Waals surface area contributed by atoms with Crippen LogP contribution in [0.1, 0.15) is 99.6 Å². The van der Waals surface area contributed by atoms with Crippen LogP contribution in [0.15, 0.2) is 133 Å². The molecule has 284 valence electrons. The van der Waals surface area contributed by atoms with E-state index < -0.39 is 0 Å². The molecule has 0 saturated carbocycles. The van der Waals surface area contributed by atoms with Crippen molar-refractivity contribution >= 4 is 46.3 Å². The van der Waals surface area contributed by atoms with Crippen molar-refractivity contribution in [3.63, 3.8) is 0 Å². The van der Waals surface area contributed by atoms with E-state index in [9.17, 15) is 0 Å².